The van der Waals surface area contributed by atoms with Gasteiger partial charge < -0.3 is 14.4 Å². The highest BCUT2D eigenvalue weighted by Crippen LogP contribution is 2.25. The number of morpholine rings is 1. The molecule has 0 amide bonds. The lowest BCUT2D eigenvalue weighted by molar-refractivity contribution is 0.122. The van der Waals surface area contributed by atoms with Crippen LogP contribution in [0.5, 0.6) is 5.75 Å². The van der Waals surface area contributed by atoms with Crippen LogP contribution >= 0.6 is 0 Å². The van der Waals surface area contributed by atoms with Gasteiger partial charge in [0.05, 0.1) is 18.9 Å². The number of hydrogen-bond acceptors (Lipinski definition) is 6. The predicted octanol–water partition coefficient (Wildman–Crippen LogP) is 4.30. The summed E-state index contributed by atoms with van der Waals surface area (Å²) in [4.78, 5) is 9.63. The Labute approximate surface area is 212 Å². The van der Waals surface area contributed by atoms with Gasteiger partial charge in [-0.1, -0.05) is 30.3 Å². The first-order valence-electron chi connectivity index (χ1n) is 13.0. The lowest BCUT2D eigenvalue weighted by Gasteiger charge is -2.28. The van der Waals surface area contributed by atoms with Crippen LogP contribution in [0, 0.1) is 0 Å². The van der Waals surface area contributed by atoms with Crippen molar-refractivity contribution in [3.63, 3.8) is 0 Å². The third kappa shape index (κ3) is 5.22. The van der Waals surface area contributed by atoms with E-state index in [-0.39, 0.29) is 0 Å². The minimum atomic E-state index is 0.686. The quantitative estimate of drug-likeness (QED) is 0.373. The fourth-order valence-electron chi connectivity index (χ4n) is 5.09. The molecule has 36 heavy (non-hydrogen) atoms. The van der Waals surface area contributed by atoms with Crippen LogP contribution in [0.15, 0.2) is 66.7 Å². The van der Waals surface area contributed by atoms with E-state index >= 15 is 0 Å². The van der Waals surface area contributed by atoms with Crippen molar-refractivity contribution in [2.24, 2.45) is 0 Å². The first-order valence-corrected chi connectivity index (χ1v) is 13.0. The maximum Gasteiger partial charge on any atom is 0.156 e. The zero-order valence-electron chi connectivity index (χ0n) is 20.7. The standard InChI is InChI=1S/C29H33N5O2/c1-2-15-32(14-1)16-21-36-26-12-6-23(7-13-26)22-28-30-29-5-3-4-27(34(29)31-28)24-8-10-25(11-9-24)33-17-19-35-20-18-33/h3-13H,1-2,14-22H2. The number of pyridine rings is 1. The van der Waals surface area contributed by atoms with E-state index in [1.54, 1.807) is 0 Å². The normalized spacial score (nSPS) is 16.6. The molecule has 2 fully saturated rings. The fraction of sp³-hybridized carbons (Fsp3) is 0.379. The molecule has 2 aromatic heterocycles. The summed E-state index contributed by atoms with van der Waals surface area (Å²) in [5.41, 5.74) is 5.44. The van der Waals surface area contributed by atoms with Gasteiger partial charge >= 0.3 is 0 Å². The summed E-state index contributed by atoms with van der Waals surface area (Å²) < 4.78 is 13.4. The Balaban J connectivity index is 1.13. The molecule has 7 nitrogen and oxygen atoms in total. The zero-order valence-corrected chi connectivity index (χ0v) is 20.7. The maximum atomic E-state index is 5.95. The van der Waals surface area contributed by atoms with E-state index in [0.29, 0.717) is 6.42 Å². The van der Waals surface area contributed by atoms with Gasteiger partial charge in [0.2, 0.25) is 0 Å². The molecule has 0 bridgehead atoms. The molecule has 0 radical (unpaired) electrons. The lowest BCUT2D eigenvalue weighted by atomic mass is 10.1. The number of likely N-dealkylation sites (tertiary alicyclic amines) is 1. The largest absolute Gasteiger partial charge is 0.492 e. The molecule has 0 unspecified atom stereocenters. The number of anilines is 1. The Bertz CT molecular complexity index is 1270. The molecule has 0 spiro atoms. The number of rotatable bonds is 8. The second kappa shape index (κ2) is 10.7. The first-order chi connectivity index (χ1) is 17.8. The van der Waals surface area contributed by atoms with Gasteiger partial charge in [0.25, 0.3) is 0 Å². The van der Waals surface area contributed by atoms with Gasteiger partial charge in [0.1, 0.15) is 12.4 Å². The number of benzene rings is 2. The number of aromatic nitrogens is 3. The van der Waals surface area contributed by atoms with Crippen LogP contribution in [0.3, 0.4) is 0 Å². The van der Waals surface area contributed by atoms with Crippen LogP contribution in [0.1, 0.15) is 24.2 Å². The second-order valence-corrected chi connectivity index (χ2v) is 9.57. The van der Waals surface area contributed by atoms with Crippen molar-refractivity contribution in [3.05, 3.63) is 78.1 Å². The average Bonchev–Trinajstić information content (AvgIpc) is 3.60. The molecule has 0 N–H and O–H groups in total. The molecule has 6 rings (SSSR count). The van der Waals surface area contributed by atoms with E-state index in [4.69, 9.17) is 19.6 Å². The Hall–Kier alpha value is -3.42. The van der Waals surface area contributed by atoms with Gasteiger partial charge in [-0.25, -0.2) is 9.50 Å². The van der Waals surface area contributed by atoms with Gasteiger partial charge in [0.15, 0.2) is 11.5 Å². The van der Waals surface area contributed by atoms with Crippen molar-refractivity contribution in [1.82, 2.24) is 19.5 Å². The van der Waals surface area contributed by atoms with Gasteiger partial charge in [-0.15, -0.1) is 0 Å². The molecule has 0 saturated carbocycles. The first kappa shape index (κ1) is 23.0. The fourth-order valence-corrected chi connectivity index (χ4v) is 5.09. The van der Waals surface area contributed by atoms with Crippen molar-refractivity contribution >= 4 is 11.3 Å². The van der Waals surface area contributed by atoms with Crippen LogP contribution in [-0.4, -0.2) is 72.0 Å². The molecule has 186 valence electrons. The molecule has 2 saturated heterocycles. The summed E-state index contributed by atoms with van der Waals surface area (Å²) in [6, 6.07) is 23.2. The molecule has 2 aromatic carbocycles. The van der Waals surface area contributed by atoms with Crippen LogP contribution in [0.2, 0.25) is 0 Å². The third-order valence-corrected chi connectivity index (χ3v) is 7.10. The van der Waals surface area contributed by atoms with E-state index in [2.05, 4.69) is 64.4 Å². The SMILES string of the molecule is c1cc(-c2ccc(N3CCOCC3)cc2)n2nc(Cc3ccc(OCCN4CCCC4)cc3)nc2c1. The van der Waals surface area contributed by atoms with Crippen molar-refractivity contribution in [2.45, 2.75) is 19.3 Å². The summed E-state index contributed by atoms with van der Waals surface area (Å²) in [6.45, 7) is 7.61. The van der Waals surface area contributed by atoms with Crippen molar-refractivity contribution in [3.8, 4) is 17.0 Å². The van der Waals surface area contributed by atoms with Gasteiger partial charge in [-0.05, 0) is 67.9 Å². The molecular formula is C29H33N5O2. The summed E-state index contributed by atoms with van der Waals surface area (Å²) in [7, 11) is 0. The van der Waals surface area contributed by atoms with Crippen molar-refractivity contribution in [1.29, 1.82) is 0 Å². The Morgan fingerprint density at radius 3 is 2.39 bits per heavy atom. The highest BCUT2D eigenvalue weighted by atomic mass is 16.5. The van der Waals surface area contributed by atoms with E-state index in [1.807, 2.05) is 16.6 Å². The summed E-state index contributed by atoms with van der Waals surface area (Å²) >= 11 is 0. The lowest BCUT2D eigenvalue weighted by Crippen LogP contribution is -2.36. The third-order valence-electron chi connectivity index (χ3n) is 7.10. The number of hydrogen-bond donors (Lipinski definition) is 0. The van der Waals surface area contributed by atoms with Gasteiger partial charge in [-0.3, -0.25) is 4.90 Å². The van der Waals surface area contributed by atoms with Gasteiger partial charge in [-0.2, -0.15) is 5.10 Å². The Morgan fingerprint density at radius 2 is 1.61 bits per heavy atom. The van der Waals surface area contributed by atoms with E-state index in [9.17, 15) is 0 Å². The van der Waals surface area contributed by atoms with Crippen LogP contribution < -0.4 is 9.64 Å². The van der Waals surface area contributed by atoms with Crippen LogP contribution in [0.25, 0.3) is 16.9 Å². The monoisotopic (exact) mass is 483 g/mol. The minimum absolute atomic E-state index is 0.686. The molecule has 4 aromatic rings. The molecule has 7 heteroatoms. The molecule has 0 atom stereocenters. The number of nitrogens with zero attached hydrogens (tertiary/aromatic N) is 5. The van der Waals surface area contributed by atoms with E-state index < -0.39 is 0 Å². The summed E-state index contributed by atoms with van der Waals surface area (Å²) in [5.74, 6) is 1.74. The Kier molecular flexibility index (Phi) is 6.83. The minimum Gasteiger partial charge on any atom is -0.492 e. The summed E-state index contributed by atoms with van der Waals surface area (Å²) in [5, 5.41) is 4.85. The second-order valence-electron chi connectivity index (χ2n) is 9.57. The van der Waals surface area contributed by atoms with Crippen LogP contribution in [-0.2, 0) is 11.2 Å². The topological polar surface area (TPSA) is 55.1 Å². The van der Waals surface area contributed by atoms with Gasteiger partial charge in [0, 0.05) is 37.3 Å². The van der Waals surface area contributed by atoms with Crippen molar-refractivity contribution in [2.75, 3.05) is 57.4 Å². The highest BCUT2D eigenvalue weighted by Gasteiger charge is 2.14. The van der Waals surface area contributed by atoms with E-state index in [0.717, 1.165) is 67.9 Å². The zero-order chi connectivity index (χ0) is 24.2. The summed E-state index contributed by atoms with van der Waals surface area (Å²) in [6.07, 6.45) is 3.31. The number of fused-ring (bicyclic) bond motifs is 1. The van der Waals surface area contributed by atoms with Crippen molar-refractivity contribution < 1.29 is 9.47 Å². The Morgan fingerprint density at radius 1 is 0.833 bits per heavy atom. The molecule has 4 heterocycles. The molecule has 2 aliphatic heterocycles. The van der Waals surface area contributed by atoms with Crippen LogP contribution in [0.4, 0.5) is 5.69 Å². The molecule has 2 aliphatic rings. The highest BCUT2D eigenvalue weighted by molar-refractivity contribution is 5.66. The molecular weight excluding hydrogens is 450 g/mol. The average molecular weight is 484 g/mol. The predicted molar refractivity (Wildman–Crippen MR) is 142 cm³/mol. The smallest absolute Gasteiger partial charge is 0.156 e. The van der Waals surface area contributed by atoms with E-state index in [1.165, 1.54) is 37.2 Å². The molecule has 0 aliphatic carbocycles. The number of ether oxygens (including phenoxy) is 2. The maximum absolute atomic E-state index is 5.95.